The van der Waals surface area contributed by atoms with E-state index in [1.54, 1.807) is 0 Å². The fourth-order valence-corrected chi connectivity index (χ4v) is 2.04. The van der Waals surface area contributed by atoms with Crippen LogP contribution in [0.15, 0.2) is 36.8 Å². The van der Waals surface area contributed by atoms with Gasteiger partial charge in [0, 0.05) is 19.3 Å². The van der Waals surface area contributed by atoms with E-state index in [1.165, 1.54) is 24.1 Å². The highest BCUT2D eigenvalue weighted by atomic mass is 15.1. The molecule has 1 aromatic heterocycles. The Bertz CT molecular complexity index is 563. The molecule has 20 heavy (non-hydrogen) atoms. The van der Waals surface area contributed by atoms with Crippen LogP contribution in [0.4, 0.5) is 0 Å². The summed E-state index contributed by atoms with van der Waals surface area (Å²) >= 11 is 0. The van der Waals surface area contributed by atoms with Crippen LogP contribution in [0.3, 0.4) is 0 Å². The standard InChI is InChI=1S/C16H20N4/c1-2-3-8-18-10-16-11-19-13-20(16)12-15-6-4-14(9-17)5-7-15/h4-7,11,13,18H,2-3,8,10,12H2,1H3. The van der Waals surface area contributed by atoms with Gasteiger partial charge in [-0.1, -0.05) is 25.5 Å². The van der Waals surface area contributed by atoms with Crippen molar-refractivity contribution in [2.75, 3.05) is 6.54 Å². The molecule has 1 N–H and O–H groups in total. The minimum absolute atomic E-state index is 0.695. The second-order valence-electron chi connectivity index (χ2n) is 4.85. The molecule has 2 rings (SSSR count). The summed E-state index contributed by atoms with van der Waals surface area (Å²) in [5, 5.41) is 12.2. The Hall–Kier alpha value is -2.12. The number of imidazole rings is 1. The van der Waals surface area contributed by atoms with Crippen molar-refractivity contribution in [1.29, 1.82) is 5.26 Å². The van der Waals surface area contributed by atoms with E-state index in [4.69, 9.17) is 5.26 Å². The summed E-state index contributed by atoms with van der Waals surface area (Å²) in [6, 6.07) is 9.83. The molecule has 1 aromatic carbocycles. The molecule has 4 heteroatoms. The van der Waals surface area contributed by atoms with Gasteiger partial charge >= 0.3 is 0 Å². The smallest absolute Gasteiger partial charge is 0.0991 e. The zero-order chi connectivity index (χ0) is 14.2. The topological polar surface area (TPSA) is 53.6 Å². The first-order valence-corrected chi connectivity index (χ1v) is 7.02. The van der Waals surface area contributed by atoms with E-state index in [1.807, 2.05) is 36.8 Å². The lowest BCUT2D eigenvalue weighted by Gasteiger charge is -2.09. The van der Waals surface area contributed by atoms with Crippen molar-refractivity contribution in [3.05, 3.63) is 53.6 Å². The van der Waals surface area contributed by atoms with E-state index in [0.29, 0.717) is 5.56 Å². The van der Waals surface area contributed by atoms with E-state index in [9.17, 15) is 0 Å². The van der Waals surface area contributed by atoms with Crippen LogP contribution in [0.25, 0.3) is 0 Å². The molecule has 0 atom stereocenters. The minimum Gasteiger partial charge on any atom is -0.329 e. The van der Waals surface area contributed by atoms with Crippen molar-refractivity contribution in [1.82, 2.24) is 14.9 Å². The van der Waals surface area contributed by atoms with Crippen molar-refractivity contribution >= 4 is 0 Å². The summed E-state index contributed by atoms with van der Waals surface area (Å²) < 4.78 is 2.14. The van der Waals surface area contributed by atoms with Gasteiger partial charge in [-0.05, 0) is 30.7 Å². The third-order valence-electron chi connectivity index (χ3n) is 3.25. The highest BCUT2D eigenvalue weighted by Gasteiger charge is 2.03. The Morgan fingerprint density at radius 2 is 2.10 bits per heavy atom. The Labute approximate surface area is 120 Å². The van der Waals surface area contributed by atoms with Crippen LogP contribution < -0.4 is 5.32 Å². The quantitative estimate of drug-likeness (QED) is 0.785. The summed E-state index contributed by atoms with van der Waals surface area (Å²) in [4.78, 5) is 4.22. The normalized spacial score (nSPS) is 10.4. The fourth-order valence-electron chi connectivity index (χ4n) is 2.04. The lowest BCUT2D eigenvalue weighted by atomic mass is 10.1. The number of hydrogen-bond donors (Lipinski definition) is 1. The van der Waals surface area contributed by atoms with Gasteiger partial charge in [-0.3, -0.25) is 0 Å². The van der Waals surface area contributed by atoms with Crippen molar-refractivity contribution in [2.45, 2.75) is 32.9 Å². The summed E-state index contributed by atoms with van der Waals surface area (Å²) in [6.07, 6.45) is 6.17. The SMILES string of the molecule is CCCCNCc1cncn1Cc1ccc(C#N)cc1. The van der Waals surface area contributed by atoms with E-state index in [-0.39, 0.29) is 0 Å². The molecule has 1 heterocycles. The molecule has 0 radical (unpaired) electrons. The molecule has 0 spiro atoms. The third-order valence-corrected chi connectivity index (χ3v) is 3.25. The molecular formula is C16H20N4. The molecule has 0 bridgehead atoms. The van der Waals surface area contributed by atoms with Crippen molar-refractivity contribution in [3.63, 3.8) is 0 Å². The van der Waals surface area contributed by atoms with E-state index in [0.717, 1.165) is 19.6 Å². The predicted octanol–water partition coefficient (Wildman–Crippen LogP) is 2.69. The molecular weight excluding hydrogens is 248 g/mol. The first kappa shape index (κ1) is 14.3. The molecule has 0 fully saturated rings. The third kappa shape index (κ3) is 3.94. The van der Waals surface area contributed by atoms with Gasteiger partial charge in [0.25, 0.3) is 0 Å². The molecule has 0 unspecified atom stereocenters. The zero-order valence-electron chi connectivity index (χ0n) is 11.8. The van der Waals surface area contributed by atoms with Crippen LogP contribution >= 0.6 is 0 Å². The van der Waals surface area contributed by atoms with Gasteiger partial charge in [0.1, 0.15) is 0 Å². The van der Waals surface area contributed by atoms with Gasteiger partial charge in [-0.2, -0.15) is 5.26 Å². The zero-order valence-corrected chi connectivity index (χ0v) is 11.8. The molecule has 4 nitrogen and oxygen atoms in total. The van der Waals surface area contributed by atoms with E-state index < -0.39 is 0 Å². The van der Waals surface area contributed by atoms with Crippen molar-refractivity contribution in [3.8, 4) is 6.07 Å². The fraction of sp³-hybridized carbons (Fsp3) is 0.375. The van der Waals surface area contributed by atoms with E-state index in [2.05, 4.69) is 27.9 Å². The predicted molar refractivity (Wildman–Crippen MR) is 79.1 cm³/mol. The molecule has 0 saturated heterocycles. The van der Waals surface area contributed by atoms with Crippen LogP contribution in [0.5, 0.6) is 0 Å². The summed E-state index contributed by atoms with van der Waals surface area (Å²) in [6.45, 7) is 4.86. The maximum Gasteiger partial charge on any atom is 0.0991 e. The number of nitrogens with zero attached hydrogens (tertiary/aromatic N) is 3. The van der Waals surface area contributed by atoms with Crippen LogP contribution in [0, 0.1) is 11.3 Å². The molecule has 2 aromatic rings. The molecule has 0 aliphatic heterocycles. The Balaban J connectivity index is 1.95. The number of nitriles is 1. The highest BCUT2D eigenvalue weighted by molar-refractivity contribution is 5.31. The Morgan fingerprint density at radius 3 is 2.80 bits per heavy atom. The lowest BCUT2D eigenvalue weighted by Crippen LogP contribution is -2.17. The first-order chi connectivity index (χ1) is 9.83. The molecule has 104 valence electrons. The average Bonchev–Trinajstić information content (AvgIpc) is 2.92. The van der Waals surface area contributed by atoms with Gasteiger partial charge in [-0.15, -0.1) is 0 Å². The Morgan fingerprint density at radius 1 is 1.30 bits per heavy atom. The molecule has 0 aliphatic rings. The second-order valence-corrected chi connectivity index (χ2v) is 4.85. The number of unbranched alkanes of at least 4 members (excludes halogenated alkanes) is 1. The maximum absolute atomic E-state index is 8.80. The lowest BCUT2D eigenvalue weighted by molar-refractivity contribution is 0.610. The highest BCUT2D eigenvalue weighted by Crippen LogP contribution is 2.08. The van der Waals surface area contributed by atoms with Crippen LogP contribution in [0.2, 0.25) is 0 Å². The first-order valence-electron chi connectivity index (χ1n) is 7.02. The summed E-state index contributed by atoms with van der Waals surface area (Å²) in [5.74, 6) is 0. The van der Waals surface area contributed by atoms with Gasteiger partial charge in [0.05, 0.1) is 23.7 Å². The number of benzene rings is 1. The summed E-state index contributed by atoms with van der Waals surface area (Å²) in [5.41, 5.74) is 3.06. The number of hydrogen-bond acceptors (Lipinski definition) is 3. The number of aromatic nitrogens is 2. The Kier molecular flexibility index (Phi) is 5.33. The summed E-state index contributed by atoms with van der Waals surface area (Å²) in [7, 11) is 0. The van der Waals surface area contributed by atoms with Gasteiger partial charge in [-0.25, -0.2) is 4.98 Å². The molecule has 0 aliphatic carbocycles. The minimum atomic E-state index is 0.695. The number of nitrogens with one attached hydrogen (secondary N) is 1. The van der Waals surface area contributed by atoms with Gasteiger partial charge in [0.2, 0.25) is 0 Å². The van der Waals surface area contributed by atoms with Gasteiger partial charge in [0.15, 0.2) is 0 Å². The van der Waals surface area contributed by atoms with Gasteiger partial charge < -0.3 is 9.88 Å². The van der Waals surface area contributed by atoms with E-state index >= 15 is 0 Å². The van der Waals surface area contributed by atoms with Crippen molar-refractivity contribution < 1.29 is 0 Å². The largest absolute Gasteiger partial charge is 0.329 e. The van der Waals surface area contributed by atoms with Crippen LogP contribution in [-0.2, 0) is 13.1 Å². The molecule has 0 saturated carbocycles. The monoisotopic (exact) mass is 268 g/mol. The maximum atomic E-state index is 8.80. The molecule has 0 amide bonds. The average molecular weight is 268 g/mol. The van der Waals surface area contributed by atoms with Crippen molar-refractivity contribution in [2.24, 2.45) is 0 Å². The van der Waals surface area contributed by atoms with Crippen LogP contribution in [-0.4, -0.2) is 16.1 Å². The second kappa shape index (κ2) is 7.46. The number of rotatable bonds is 7. The van der Waals surface area contributed by atoms with Crippen LogP contribution in [0.1, 0.15) is 36.6 Å².